The summed E-state index contributed by atoms with van der Waals surface area (Å²) in [4.78, 5) is 48.7. The van der Waals surface area contributed by atoms with Crippen molar-refractivity contribution in [3.63, 3.8) is 0 Å². The van der Waals surface area contributed by atoms with Gasteiger partial charge in [-0.05, 0) is 67.6 Å². The Hall–Kier alpha value is -3.24. The Morgan fingerprint density at radius 1 is 0.644 bits per heavy atom. The lowest BCUT2D eigenvalue weighted by Crippen LogP contribution is -2.33. The molecule has 2 unspecified atom stereocenters. The molecule has 4 aliphatic rings. The fourth-order valence-electron chi connectivity index (χ4n) is 6.61. The number of hydrogen-bond acceptors (Lipinski definition) is 9. The highest BCUT2D eigenvalue weighted by Gasteiger charge is 2.50. The predicted molar refractivity (Wildman–Crippen MR) is 164 cm³/mol. The fourth-order valence-corrected chi connectivity index (χ4v) is 6.61. The van der Waals surface area contributed by atoms with E-state index in [1.165, 1.54) is 0 Å². The van der Waals surface area contributed by atoms with Crippen LogP contribution in [0.15, 0.2) is 0 Å². The second-order valence-corrected chi connectivity index (χ2v) is 12.8. The summed E-state index contributed by atoms with van der Waals surface area (Å²) in [5.41, 5.74) is 0. The number of rotatable bonds is 17. The molecule has 10 nitrogen and oxygen atoms in total. The highest BCUT2D eigenvalue weighted by Crippen LogP contribution is 2.53. The molecule has 248 valence electrons. The maximum absolute atomic E-state index is 12.2. The molecule has 1 amide bonds. The van der Waals surface area contributed by atoms with Crippen molar-refractivity contribution in [3.8, 4) is 23.7 Å². The molecular formula is C35H49NO9. The fraction of sp³-hybridized carbons (Fsp3) is 0.771. The third kappa shape index (κ3) is 11.6. The second kappa shape index (κ2) is 18.0. The van der Waals surface area contributed by atoms with Gasteiger partial charge in [-0.2, -0.15) is 0 Å². The van der Waals surface area contributed by atoms with Gasteiger partial charge in [0.15, 0.2) is 0 Å². The van der Waals surface area contributed by atoms with E-state index in [1.807, 2.05) is 0 Å². The Labute approximate surface area is 267 Å². The van der Waals surface area contributed by atoms with E-state index in [0.717, 1.165) is 51.4 Å². The van der Waals surface area contributed by atoms with Gasteiger partial charge < -0.3 is 29.0 Å². The van der Waals surface area contributed by atoms with E-state index in [-0.39, 0.29) is 45.4 Å². The lowest BCUT2D eigenvalue weighted by atomic mass is 10.1. The van der Waals surface area contributed by atoms with Crippen LogP contribution in [-0.4, -0.2) is 70.2 Å². The van der Waals surface area contributed by atoms with Gasteiger partial charge >= 0.3 is 24.0 Å². The smallest absolute Gasteiger partial charge is 0.407 e. The first-order valence-electron chi connectivity index (χ1n) is 16.7. The summed E-state index contributed by atoms with van der Waals surface area (Å²) in [6.45, 7) is 4.79. The van der Waals surface area contributed by atoms with Gasteiger partial charge in [0.1, 0.15) is 13.2 Å². The van der Waals surface area contributed by atoms with Crippen LogP contribution in [0.2, 0.25) is 0 Å². The average molecular weight is 628 g/mol. The molecular weight excluding hydrogens is 578 g/mol. The van der Waals surface area contributed by atoms with Crippen molar-refractivity contribution in [1.29, 1.82) is 0 Å². The van der Waals surface area contributed by atoms with Crippen LogP contribution in [0.3, 0.4) is 0 Å². The van der Waals surface area contributed by atoms with Gasteiger partial charge in [-0.25, -0.2) is 4.79 Å². The van der Waals surface area contributed by atoms with Crippen LogP contribution in [0.25, 0.3) is 0 Å². The first-order chi connectivity index (χ1) is 21.8. The molecule has 0 radical (unpaired) electrons. The monoisotopic (exact) mass is 627 g/mol. The largest absolute Gasteiger partial charge is 0.465 e. The Morgan fingerprint density at radius 2 is 1.11 bits per heavy atom. The SMILES string of the molecule is C[C@@H](CCC(=O)OCC1[C@H]2CCC#CCC[C@@H]12)C(=O)OCCOCCOC(=O)[C@@H](C)CNC(=O)OCC1[C@H]2CCC#CCC[C@@H]12. The van der Waals surface area contributed by atoms with E-state index in [0.29, 0.717) is 55.1 Å². The van der Waals surface area contributed by atoms with Crippen molar-refractivity contribution in [2.24, 2.45) is 47.3 Å². The summed E-state index contributed by atoms with van der Waals surface area (Å²) in [6.07, 6.45) is 8.03. The third-order valence-corrected chi connectivity index (χ3v) is 9.61. The molecule has 4 rings (SSSR count). The van der Waals surface area contributed by atoms with Crippen molar-refractivity contribution in [1.82, 2.24) is 5.32 Å². The topological polar surface area (TPSA) is 126 Å². The second-order valence-electron chi connectivity index (χ2n) is 12.8. The molecule has 4 aliphatic carbocycles. The maximum atomic E-state index is 12.2. The Morgan fingerprint density at radius 3 is 1.62 bits per heavy atom. The summed E-state index contributed by atoms with van der Waals surface area (Å²) in [5, 5.41) is 2.64. The molecule has 0 heterocycles. The molecule has 8 atom stereocenters. The molecule has 0 bridgehead atoms. The molecule has 0 spiro atoms. The summed E-state index contributed by atoms with van der Waals surface area (Å²) in [7, 11) is 0. The van der Waals surface area contributed by atoms with E-state index in [1.54, 1.807) is 13.8 Å². The van der Waals surface area contributed by atoms with Gasteiger partial charge in [0.25, 0.3) is 0 Å². The molecule has 1 N–H and O–H groups in total. The minimum absolute atomic E-state index is 0.0460. The molecule has 0 aromatic rings. The zero-order valence-corrected chi connectivity index (χ0v) is 26.8. The van der Waals surface area contributed by atoms with Crippen molar-refractivity contribution >= 4 is 24.0 Å². The van der Waals surface area contributed by atoms with Gasteiger partial charge in [0.2, 0.25) is 0 Å². The first kappa shape index (κ1) is 34.6. The zero-order chi connectivity index (χ0) is 32.0. The molecule has 0 aromatic heterocycles. The van der Waals surface area contributed by atoms with Gasteiger partial charge in [-0.3, -0.25) is 14.4 Å². The summed E-state index contributed by atoms with van der Waals surface area (Å²) >= 11 is 0. The van der Waals surface area contributed by atoms with Crippen LogP contribution in [-0.2, 0) is 38.1 Å². The number of esters is 3. The number of nitrogens with one attached hydrogen (secondary N) is 1. The minimum Gasteiger partial charge on any atom is -0.465 e. The first-order valence-corrected chi connectivity index (χ1v) is 16.7. The number of ether oxygens (including phenoxy) is 5. The molecule has 10 heteroatoms. The normalized spacial score (nSPS) is 27.2. The van der Waals surface area contributed by atoms with E-state index >= 15 is 0 Å². The van der Waals surface area contributed by atoms with Gasteiger partial charge in [0.05, 0.1) is 38.3 Å². The minimum atomic E-state index is -0.535. The number of carbonyl (C=O) groups excluding carboxylic acids is 4. The molecule has 0 saturated heterocycles. The van der Waals surface area contributed by atoms with Crippen molar-refractivity contribution in [2.75, 3.05) is 46.2 Å². The van der Waals surface area contributed by atoms with Gasteiger partial charge in [-0.1, -0.05) is 13.8 Å². The zero-order valence-electron chi connectivity index (χ0n) is 26.8. The molecule has 2 saturated carbocycles. The average Bonchev–Trinajstić information content (AvgIpc) is 3.87. The number of alkyl carbamates (subject to hydrolysis) is 1. The summed E-state index contributed by atoms with van der Waals surface area (Å²) in [6, 6.07) is 0. The lowest BCUT2D eigenvalue weighted by molar-refractivity contribution is -0.151. The molecule has 45 heavy (non-hydrogen) atoms. The number of amides is 1. The van der Waals surface area contributed by atoms with Crippen LogP contribution < -0.4 is 5.32 Å². The van der Waals surface area contributed by atoms with Crippen molar-refractivity contribution < 1.29 is 42.9 Å². The summed E-state index contributed by atoms with van der Waals surface area (Å²) in [5.74, 6) is 14.0. The van der Waals surface area contributed by atoms with Crippen molar-refractivity contribution in [3.05, 3.63) is 0 Å². The van der Waals surface area contributed by atoms with Crippen LogP contribution in [0.4, 0.5) is 4.79 Å². The van der Waals surface area contributed by atoms with E-state index in [4.69, 9.17) is 23.7 Å². The molecule has 0 aliphatic heterocycles. The highest BCUT2D eigenvalue weighted by atomic mass is 16.6. The standard InChI is InChI=1S/C35H49NO9/c1-24(15-16-32(37)44-22-30-26-11-7-3-4-8-12-27(26)30)33(38)42-19-17-41-18-20-43-34(39)25(2)21-36-35(40)45-23-31-28-13-9-5-6-10-14-29(28)31/h24-31H,7-23H2,1-2H3,(H,36,40)/t24-,25-,26-,27+,28-,29+,30?,31?/m0/s1. The number of fused-ring (bicyclic) bond motifs is 2. The Balaban J connectivity index is 0.937. The van der Waals surface area contributed by atoms with E-state index < -0.39 is 29.9 Å². The maximum Gasteiger partial charge on any atom is 0.407 e. The van der Waals surface area contributed by atoms with Gasteiger partial charge in [-0.15, -0.1) is 23.7 Å². The van der Waals surface area contributed by atoms with Crippen LogP contribution in [0.5, 0.6) is 0 Å². The highest BCUT2D eigenvalue weighted by molar-refractivity contribution is 5.74. The Bertz CT molecular complexity index is 1020. The lowest BCUT2D eigenvalue weighted by Gasteiger charge is -2.13. The van der Waals surface area contributed by atoms with Crippen LogP contribution in [0.1, 0.15) is 78.1 Å². The molecule has 2 fully saturated rings. The van der Waals surface area contributed by atoms with Crippen LogP contribution in [0, 0.1) is 71.0 Å². The van der Waals surface area contributed by atoms with E-state index in [2.05, 4.69) is 29.0 Å². The van der Waals surface area contributed by atoms with Crippen LogP contribution >= 0.6 is 0 Å². The number of hydrogen-bond donors (Lipinski definition) is 1. The third-order valence-electron chi connectivity index (χ3n) is 9.61. The molecule has 0 aromatic carbocycles. The van der Waals surface area contributed by atoms with Crippen molar-refractivity contribution in [2.45, 2.75) is 78.1 Å². The summed E-state index contributed by atoms with van der Waals surface area (Å²) < 4.78 is 26.7. The number of carbonyl (C=O) groups is 4. The van der Waals surface area contributed by atoms with E-state index in [9.17, 15) is 19.2 Å². The quantitative estimate of drug-likeness (QED) is 0.109. The predicted octanol–water partition coefficient (Wildman–Crippen LogP) is 4.29. The Kier molecular flexibility index (Phi) is 13.9. The van der Waals surface area contributed by atoms with Gasteiger partial charge in [0, 0.05) is 38.6 Å².